The molecule has 1 heterocycles. The number of benzene rings is 1. The lowest BCUT2D eigenvalue weighted by Gasteiger charge is -2.21. The minimum atomic E-state index is 0.354. The van der Waals surface area contributed by atoms with E-state index >= 15 is 0 Å². The Morgan fingerprint density at radius 1 is 1.10 bits per heavy atom. The lowest BCUT2D eigenvalue weighted by atomic mass is 10.1. The molecule has 2 unspecified atom stereocenters. The number of rotatable bonds is 7. The summed E-state index contributed by atoms with van der Waals surface area (Å²) >= 11 is 0. The molecule has 2 atom stereocenters. The summed E-state index contributed by atoms with van der Waals surface area (Å²) in [4.78, 5) is 2.12. The average Bonchev–Trinajstić information content (AvgIpc) is 2.98. The molecule has 1 aromatic heterocycles. The maximum Gasteiger partial charge on any atom is 0.103 e. The van der Waals surface area contributed by atoms with E-state index in [0.717, 1.165) is 18.6 Å². The van der Waals surface area contributed by atoms with Crippen LogP contribution in [0.15, 0.2) is 47.1 Å². The van der Waals surface area contributed by atoms with Crippen LogP contribution in [0.25, 0.3) is 0 Å². The Labute approximate surface area is 128 Å². The Balaban J connectivity index is 1.83. The monoisotopic (exact) mass is 286 g/mol. The Hall–Kier alpha value is -1.74. The zero-order chi connectivity index (χ0) is 15.2. The van der Waals surface area contributed by atoms with Gasteiger partial charge in [0.1, 0.15) is 5.76 Å². The summed E-state index contributed by atoms with van der Waals surface area (Å²) in [5.41, 5.74) is 2.56. The van der Waals surface area contributed by atoms with E-state index in [0.29, 0.717) is 12.1 Å². The molecule has 0 amide bonds. The van der Waals surface area contributed by atoms with Gasteiger partial charge in [0.2, 0.25) is 0 Å². The summed E-state index contributed by atoms with van der Waals surface area (Å²) in [6.07, 6.45) is 3.80. The first kappa shape index (κ1) is 15.6. The topological polar surface area (TPSA) is 28.4 Å². The summed E-state index contributed by atoms with van der Waals surface area (Å²) in [6, 6.07) is 13.5. The predicted molar refractivity (Wildman–Crippen MR) is 88.8 cm³/mol. The molecule has 0 saturated carbocycles. The maximum absolute atomic E-state index is 5.38. The molecule has 0 aliphatic carbocycles. The van der Waals surface area contributed by atoms with Gasteiger partial charge >= 0.3 is 0 Å². The van der Waals surface area contributed by atoms with Gasteiger partial charge in [-0.25, -0.2) is 0 Å². The van der Waals surface area contributed by atoms with E-state index in [1.165, 1.54) is 11.3 Å². The fourth-order valence-corrected chi connectivity index (χ4v) is 2.48. The van der Waals surface area contributed by atoms with Crippen molar-refractivity contribution in [2.24, 2.45) is 0 Å². The lowest BCUT2D eigenvalue weighted by Crippen LogP contribution is -2.29. The first-order valence-corrected chi connectivity index (χ1v) is 7.62. The molecule has 2 aromatic rings. The van der Waals surface area contributed by atoms with Gasteiger partial charge in [0.15, 0.2) is 0 Å². The summed E-state index contributed by atoms with van der Waals surface area (Å²) < 4.78 is 5.38. The normalized spacial score (nSPS) is 13.9. The van der Waals surface area contributed by atoms with Crippen LogP contribution in [-0.2, 0) is 6.42 Å². The molecular formula is C18H26N2O. The fourth-order valence-electron chi connectivity index (χ4n) is 2.48. The standard InChI is InChI=1S/C18H26N2O/c1-14(7-12-18-6-5-13-21-18)19-15(2)16-8-10-17(11-9-16)20(3)4/h5-6,8-11,13-15,19H,7,12H2,1-4H3. The Bertz CT molecular complexity index is 517. The molecule has 0 aliphatic rings. The molecule has 21 heavy (non-hydrogen) atoms. The summed E-state index contributed by atoms with van der Waals surface area (Å²) in [5.74, 6) is 1.06. The molecule has 0 bridgehead atoms. The predicted octanol–water partition coefficient (Wildman–Crippen LogP) is 4.02. The lowest BCUT2D eigenvalue weighted by molar-refractivity contribution is 0.430. The Morgan fingerprint density at radius 2 is 1.81 bits per heavy atom. The van der Waals surface area contributed by atoms with E-state index in [9.17, 15) is 0 Å². The van der Waals surface area contributed by atoms with Gasteiger partial charge in [-0.3, -0.25) is 0 Å². The second-order valence-electron chi connectivity index (χ2n) is 5.89. The number of furan rings is 1. The van der Waals surface area contributed by atoms with Crippen molar-refractivity contribution in [1.82, 2.24) is 5.32 Å². The van der Waals surface area contributed by atoms with Crippen molar-refractivity contribution < 1.29 is 4.42 Å². The van der Waals surface area contributed by atoms with Crippen LogP contribution >= 0.6 is 0 Å². The highest BCUT2D eigenvalue weighted by Gasteiger charge is 2.10. The molecule has 0 saturated heterocycles. The largest absolute Gasteiger partial charge is 0.469 e. The number of aryl methyl sites for hydroxylation is 1. The number of nitrogens with one attached hydrogen (secondary N) is 1. The van der Waals surface area contributed by atoms with Crippen molar-refractivity contribution >= 4 is 5.69 Å². The summed E-state index contributed by atoms with van der Waals surface area (Å²) in [7, 11) is 4.13. The molecule has 2 rings (SSSR count). The number of nitrogens with zero attached hydrogens (tertiary/aromatic N) is 1. The fraction of sp³-hybridized carbons (Fsp3) is 0.444. The van der Waals surface area contributed by atoms with Gasteiger partial charge in [-0.1, -0.05) is 12.1 Å². The van der Waals surface area contributed by atoms with Gasteiger partial charge in [0.05, 0.1) is 6.26 Å². The summed E-state index contributed by atoms with van der Waals surface area (Å²) in [6.45, 7) is 4.45. The van der Waals surface area contributed by atoms with Crippen molar-refractivity contribution in [3.05, 3.63) is 54.0 Å². The van der Waals surface area contributed by atoms with Gasteiger partial charge in [-0.05, 0) is 50.1 Å². The van der Waals surface area contributed by atoms with Crippen LogP contribution in [-0.4, -0.2) is 20.1 Å². The molecule has 3 nitrogen and oxygen atoms in total. The molecular weight excluding hydrogens is 260 g/mol. The second-order valence-corrected chi connectivity index (χ2v) is 5.89. The van der Waals surface area contributed by atoms with Crippen LogP contribution in [0, 0.1) is 0 Å². The Kier molecular flexibility index (Phi) is 5.45. The highest BCUT2D eigenvalue weighted by molar-refractivity contribution is 5.46. The molecule has 0 fully saturated rings. The number of hydrogen-bond acceptors (Lipinski definition) is 3. The molecule has 0 radical (unpaired) electrons. The number of anilines is 1. The van der Waals surface area contributed by atoms with E-state index in [1.54, 1.807) is 6.26 Å². The van der Waals surface area contributed by atoms with Crippen LogP contribution in [0.4, 0.5) is 5.69 Å². The maximum atomic E-state index is 5.38. The Morgan fingerprint density at radius 3 is 2.38 bits per heavy atom. The third kappa shape index (κ3) is 4.64. The zero-order valence-corrected chi connectivity index (χ0v) is 13.5. The second kappa shape index (κ2) is 7.32. The van der Waals surface area contributed by atoms with Crippen LogP contribution in [0.1, 0.15) is 37.6 Å². The highest BCUT2D eigenvalue weighted by Crippen LogP contribution is 2.18. The van der Waals surface area contributed by atoms with Gasteiger partial charge in [0.25, 0.3) is 0 Å². The molecule has 1 N–H and O–H groups in total. The average molecular weight is 286 g/mol. The first-order chi connectivity index (χ1) is 10.1. The van der Waals surface area contributed by atoms with Gasteiger partial charge in [-0.2, -0.15) is 0 Å². The minimum absolute atomic E-state index is 0.354. The zero-order valence-electron chi connectivity index (χ0n) is 13.5. The van der Waals surface area contributed by atoms with Crippen LogP contribution in [0.2, 0.25) is 0 Å². The van der Waals surface area contributed by atoms with Crippen LogP contribution in [0.3, 0.4) is 0 Å². The molecule has 0 aliphatic heterocycles. The molecule has 1 aromatic carbocycles. The molecule has 3 heteroatoms. The number of hydrogen-bond donors (Lipinski definition) is 1. The van der Waals surface area contributed by atoms with E-state index in [-0.39, 0.29) is 0 Å². The van der Waals surface area contributed by atoms with Crippen molar-refractivity contribution in [2.75, 3.05) is 19.0 Å². The third-order valence-electron chi connectivity index (χ3n) is 3.85. The van der Waals surface area contributed by atoms with Gasteiger partial charge < -0.3 is 14.6 Å². The summed E-state index contributed by atoms with van der Waals surface area (Å²) in [5, 5.41) is 3.65. The van der Waals surface area contributed by atoms with Crippen molar-refractivity contribution in [1.29, 1.82) is 0 Å². The quantitative estimate of drug-likeness (QED) is 0.833. The van der Waals surface area contributed by atoms with Crippen molar-refractivity contribution in [3.63, 3.8) is 0 Å². The van der Waals surface area contributed by atoms with E-state index in [2.05, 4.69) is 62.4 Å². The van der Waals surface area contributed by atoms with Crippen LogP contribution < -0.4 is 10.2 Å². The van der Waals surface area contributed by atoms with E-state index in [4.69, 9.17) is 4.42 Å². The third-order valence-corrected chi connectivity index (χ3v) is 3.85. The van der Waals surface area contributed by atoms with Crippen LogP contribution in [0.5, 0.6) is 0 Å². The molecule has 0 spiro atoms. The van der Waals surface area contributed by atoms with E-state index < -0.39 is 0 Å². The van der Waals surface area contributed by atoms with Crippen molar-refractivity contribution in [3.8, 4) is 0 Å². The smallest absolute Gasteiger partial charge is 0.103 e. The van der Waals surface area contributed by atoms with Crippen molar-refractivity contribution in [2.45, 2.75) is 38.8 Å². The van der Waals surface area contributed by atoms with E-state index in [1.807, 2.05) is 12.1 Å². The minimum Gasteiger partial charge on any atom is -0.469 e. The first-order valence-electron chi connectivity index (χ1n) is 7.62. The van der Waals surface area contributed by atoms with Gasteiger partial charge in [0, 0.05) is 38.3 Å². The SMILES string of the molecule is CC(CCc1ccco1)NC(C)c1ccc(N(C)C)cc1. The molecule has 114 valence electrons. The van der Waals surface area contributed by atoms with Gasteiger partial charge in [-0.15, -0.1) is 0 Å². The highest BCUT2D eigenvalue weighted by atomic mass is 16.3.